The predicted octanol–water partition coefficient (Wildman–Crippen LogP) is 5.45. The van der Waals surface area contributed by atoms with Gasteiger partial charge in [-0.1, -0.05) is 72.8 Å². The molecule has 1 aliphatic heterocycles. The van der Waals surface area contributed by atoms with Crippen LogP contribution in [0.2, 0.25) is 0 Å². The Morgan fingerprint density at radius 1 is 0.912 bits per heavy atom. The fraction of sp³-hybridized carbons (Fsp3) is 0.0714. The molecule has 0 bridgehead atoms. The van der Waals surface area contributed by atoms with Gasteiger partial charge in [0, 0.05) is 20.9 Å². The van der Waals surface area contributed by atoms with Gasteiger partial charge in [0.1, 0.15) is 18.1 Å². The molecule has 0 fully saturated rings. The molecule has 2 heterocycles. The van der Waals surface area contributed by atoms with Crippen LogP contribution >= 0.6 is 11.3 Å². The van der Waals surface area contributed by atoms with Crippen molar-refractivity contribution in [1.82, 2.24) is 5.32 Å². The van der Waals surface area contributed by atoms with Crippen molar-refractivity contribution < 1.29 is 9.53 Å². The highest BCUT2D eigenvalue weighted by Gasteiger charge is 2.35. The largest absolute Gasteiger partial charge is 0.488 e. The molecule has 1 unspecified atom stereocenters. The van der Waals surface area contributed by atoms with Gasteiger partial charge in [0.05, 0.1) is 11.8 Å². The molecule has 4 aromatic rings. The third-order valence-electron chi connectivity index (χ3n) is 5.73. The Kier molecular flexibility index (Phi) is 5.97. The van der Waals surface area contributed by atoms with E-state index in [0.29, 0.717) is 12.2 Å². The number of hydrogen-bond donors (Lipinski definition) is 3. The van der Waals surface area contributed by atoms with Crippen LogP contribution in [0.3, 0.4) is 0 Å². The summed E-state index contributed by atoms with van der Waals surface area (Å²) < 4.78 is 6.14. The van der Waals surface area contributed by atoms with E-state index in [1.807, 2.05) is 97.1 Å². The van der Waals surface area contributed by atoms with E-state index >= 15 is 0 Å². The quantitative estimate of drug-likeness (QED) is 0.317. The number of ether oxygens (including phenoxy) is 1. The van der Waals surface area contributed by atoms with Gasteiger partial charge in [-0.15, -0.1) is 11.3 Å². The van der Waals surface area contributed by atoms with Gasteiger partial charge in [-0.2, -0.15) is 0 Å². The van der Waals surface area contributed by atoms with Crippen molar-refractivity contribution in [2.24, 2.45) is 5.73 Å². The maximum absolute atomic E-state index is 12.4. The molecule has 34 heavy (non-hydrogen) atoms. The highest BCUT2D eigenvalue weighted by atomic mass is 32.1. The number of thiophene rings is 1. The van der Waals surface area contributed by atoms with Gasteiger partial charge in [0.25, 0.3) is 5.91 Å². The van der Waals surface area contributed by atoms with Crippen molar-refractivity contribution in [3.8, 4) is 16.2 Å². The summed E-state index contributed by atoms with van der Waals surface area (Å²) in [6.07, 6.45) is 0. The molecule has 0 aliphatic carbocycles. The average molecular weight is 466 g/mol. The number of hydrogen-bond acceptors (Lipinski definition) is 5. The van der Waals surface area contributed by atoms with Crippen molar-refractivity contribution in [3.05, 3.63) is 124 Å². The summed E-state index contributed by atoms with van der Waals surface area (Å²) in [7, 11) is 0. The topological polar surface area (TPSA) is 88.2 Å². The number of nitrogens with two attached hydrogens (primary N) is 1. The molecule has 0 saturated carbocycles. The van der Waals surface area contributed by atoms with E-state index in [9.17, 15) is 4.79 Å². The summed E-state index contributed by atoms with van der Waals surface area (Å²) in [5.74, 6) is 0.449. The average Bonchev–Trinajstić information content (AvgIpc) is 3.48. The Balaban J connectivity index is 1.43. The van der Waals surface area contributed by atoms with Gasteiger partial charge in [-0.05, 0) is 35.4 Å². The molecule has 5 rings (SSSR count). The van der Waals surface area contributed by atoms with Crippen LogP contribution in [0.15, 0.2) is 108 Å². The maximum Gasteiger partial charge on any atom is 0.268 e. The Labute approximate surface area is 202 Å². The summed E-state index contributed by atoms with van der Waals surface area (Å²) in [5.41, 5.74) is 9.80. The lowest BCUT2D eigenvalue weighted by molar-refractivity contribution is -0.117. The minimum Gasteiger partial charge on any atom is -0.488 e. The number of rotatable bonds is 7. The second kappa shape index (κ2) is 9.37. The Morgan fingerprint density at radius 2 is 1.59 bits per heavy atom. The summed E-state index contributed by atoms with van der Waals surface area (Å²) in [4.78, 5) is 14.4. The first-order valence-corrected chi connectivity index (χ1v) is 11.7. The van der Waals surface area contributed by atoms with Crippen molar-refractivity contribution in [1.29, 1.82) is 5.41 Å². The summed E-state index contributed by atoms with van der Waals surface area (Å²) >= 11 is 1.56. The van der Waals surface area contributed by atoms with Crippen LogP contribution in [0.4, 0.5) is 0 Å². The molecule has 168 valence electrons. The van der Waals surface area contributed by atoms with Gasteiger partial charge < -0.3 is 15.8 Å². The van der Waals surface area contributed by atoms with Gasteiger partial charge in [-0.25, -0.2) is 0 Å². The van der Waals surface area contributed by atoms with E-state index in [2.05, 4.69) is 5.32 Å². The van der Waals surface area contributed by atoms with Gasteiger partial charge in [0.2, 0.25) is 0 Å². The smallest absolute Gasteiger partial charge is 0.268 e. The van der Waals surface area contributed by atoms with Crippen molar-refractivity contribution in [3.63, 3.8) is 0 Å². The van der Waals surface area contributed by atoms with Crippen LogP contribution in [0.1, 0.15) is 22.0 Å². The summed E-state index contributed by atoms with van der Waals surface area (Å²) in [6.45, 7) is 0.479. The molecule has 0 radical (unpaired) electrons. The molecule has 0 spiro atoms. The lowest BCUT2D eigenvalue weighted by Gasteiger charge is -2.15. The standard InChI is InChI=1S/C28H23N3O2S/c29-25(19-11-5-2-6-12-19)24-26(30)28(32)31-27(24)23-16-15-22(34-23)20-13-7-8-14-21(20)33-17-18-9-3-1-4-10-18/h1-16,27,29H,17,30H2,(H,31,32). The lowest BCUT2D eigenvalue weighted by Crippen LogP contribution is -2.23. The minimum atomic E-state index is -0.462. The van der Waals surface area contributed by atoms with Gasteiger partial charge >= 0.3 is 0 Å². The van der Waals surface area contributed by atoms with E-state index in [1.54, 1.807) is 11.3 Å². The van der Waals surface area contributed by atoms with Gasteiger partial charge in [-0.3, -0.25) is 10.2 Å². The molecule has 1 atom stereocenters. The molecule has 3 aromatic carbocycles. The van der Waals surface area contributed by atoms with Crippen LogP contribution in [-0.2, 0) is 11.4 Å². The Hall–Kier alpha value is -4.16. The van der Waals surface area contributed by atoms with Crippen molar-refractivity contribution in [2.75, 3.05) is 0 Å². The molecule has 1 aliphatic rings. The highest BCUT2D eigenvalue weighted by molar-refractivity contribution is 7.15. The number of carbonyl (C=O) groups excluding carboxylic acids is 1. The monoisotopic (exact) mass is 465 g/mol. The molecule has 1 amide bonds. The third-order valence-corrected chi connectivity index (χ3v) is 6.92. The van der Waals surface area contributed by atoms with Crippen molar-refractivity contribution in [2.45, 2.75) is 12.6 Å². The van der Waals surface area contributed by atoms with Crippen LogP contribution in [0.5, 0.6) is 5.75 Å². The minimum absolute atomic E-state index is 0.0976. The Bertz CT molecular complexity index is 1380. The van der Waals surface area contributed by atoms with Crippen LogP contribution in [-0.4, -0.2) is 11.6 Å². The summed E-state index contributed by atoms with van der Waals surface area (Å²) in [5, 5.41) is 11.7. The molecular formula is C28H23N3O2S. The fourth-order valence-electron chi connectivity index (χ4n) is 4.00. The van der Waals surface area contributed by atoms with E-state index < -0.39 is 6.04 Å². The van der Waals surface area contributed by atoms with E-state index in [-0.39, 0.29) is 17.3 Å². The summed E-state index contributed by atoms with van der Waals surface area (Å²) in [6, 6.07) is 30.9. The van der Waals surface area contributed by atoms with Crippen LogP contribution < -0.4 is 15.8 Å². The highest BCUT2D eigenvalue weighted by Crippen LogP contribution is 2.40. The lowest BCUT2D eigenvalue weighted by atomic mass is 9.96. The predicted molar refractivity (Wildman–Crippen MR) is 136 cm³/mol. The fourth-order valence-corrected chi connectivity index (χ4v) is 5.09. The zero-order valence-electron chi connectivity index (χ0n) is 18.3. The zero-order valence-corrected chi connectivity index (χ0v) is 19.1. The molecule has 1 aromatic heterocycles. The first kappa shape index (κ1) is 21.7. The Morgan fingerprint density at radius 3 is 2.35 bits per heavy atom. The normalized spacial score (nSPS) is 15.3. The SMILES string of the molecule is N=C(C1=C(N)C(=O)NC1c1ccc(-c2ccccc2OCc2ccccc2)s1)c1ccccc1. The molecule has 4 N–H and O–H groups in total. The number of carbonyl (C=O) groups is 1. The maximum atomic E-state index is 12.4. The zero-order chi connectivity index (χ0) is 23.5. The number of nitrogens with one attached hydrogen (secondary N) is 2. The number of para-hydroxylation sites is 1. The third kappa shape index (κ3) is 4.23. The molecule has 6 heteroatoms. The van der Waals surface area contributed by atoms with Crippen molar-refractivity contribution >= 4 is 23.0 Å². The van der Waals surface area contributed by atoms with Crippen LogP contribution in [0.25, 0.3) is 10.4 Å². The number of amides is 1. The van der Waals surface area contributed by atoms with Crippen LogP contribution in [0, 0.1) is 5.41 Å². The first-order chi connectivity index (χ1) is 16.6. The number of benzene rings is 3. The molecule has 0 saturated heterocycles. The second-order valence-electron chi connectivity index (χ2n) is 7.95. The first-order valence-electron chi connectivity index (χ1n) is 10.9. The molecule has 5 nitrogen and oxygen atoms in total. The second-order valence-corrected chi connectivity index (χ2v) is 9.06. The van der Waals surface area contributed by atoms with E-state index in [4.69, 9.17) is 15.9 Å². The van der Waals surface area contributed by atoms with E-state index in [0.717, 1.165) is 32.2 Å². The molecular weight excluding hydrogens is 442 g/mol. The van der Waals surface area contributed by atoms with Gasteiger partial charge in [0.15, 0.2) is 0 Å². The van der Waals surface area contributed by atoms with E-state index in [1.165, 1.54) is 0 Å².